The van der Waals surface area contributed by atoms with Gasteiger partial charge in [-0.15, -0.1) is 0 Å². The molecule has 2 heterocycles. The fourth-order valence-corrected chi connectivity index (χ4v) is 5.31. The van der Waals surface area contributed by atoms with Crippen molar-refractivity contribution in [3.63, 3.8) is 0 Å². The van der Waals surface area contributed by atoms with Gasteiger partial charge in [0, 0.05) is 17.8 Å². The Kier molecular flexibility index (Phi) is 6.84. The van der Waals surface area contributed by atoms with E-state index in [2.05, 4.69) is 19.2 Å². The Morgan fingerprint density at radius 2 is 1.84 bits per heavy atom. The van der Waals surface area contributed by atoms with Gasteiger partial charge < -0.3 is 14.8 Å². The normalized spacial score (nSPS) is 18.7. The first kappa shape index (κ1) is 22.4. The number of aromatic nitrogens is 2. The Balaban J connectivity index is 1.51. The third kappa shape index (κ3) is 4.99. The lowest BCUT2D eigenvalue weighted by molar-refractivity contribution is -0.138. The van der Waals surface area contributed by atoms with Crippen molar-refractivity contribution in [2.75, 3.05) is 11.1 Å². The highest BCUT2D eigenvalue weighted by Gasteiger charge is 2.29. The average Bonchev–Trinajstić information content (AvgIpc) is 3.09. The van der Waals surface area contributed by atoms with E-state index < -0.39 is 0 Å². The molecule has 1 aromatic heterocycles. The van der Waals surface area contributed by atoms with Gasteiger partial charge in [-0.25, -0.2) is 4.98 Å². The van der Waals surface area contributed by atoms with Gasteiger partial charge in [0.1, 0.15) is 6.54 Å². The van der Waals surface area contributed by atoms with Crippen LogP contribution >= 0.6 is 11.8 Å². The number of para-hydroxylation sites is 2. The zero-order valence-electron chi connectivity index (χ0n) is 18.9. The number of hydrogen-bond donors (Lipinski definition) is 1. The second-order valence-electron chi connectivity index (χ2n) is 8.61. The fraction of sp³-hybridized carbons (Fsp3) is 0.400. The summed E-state index contributed by atoms with van der Waals surface area (Å²) in [6.07, 6.45) is 3.25. The molecule has 0 bridgehead atoms. The second-order valence-corrected chi connectivity index (χ2v) is 9.55. The summed E-state index contributed by atoms with van der Waals surface area (Å²) in [5, 5.41) is 3.63. The van der Waals surface area contributed by atoms with Crippen LogP contribution < -0.4 is 5.32 Å². The van der Waals surface area contributed by atoms with Crippen LogP contribution in [0.25, 0.3) is 11.0 Å². The summed E-state index contributed by atoms with van der Waals surface area (Å²) >= 11 is 1.36. The van der Waals surface area contributed by atoms with Gasteiger partial charge in [0.05, 0.1) is 16.8 Å². The van der Waals surface area contributed by atoms with Crippen molar-refractivity contribution in [3.05, 3.63) is 54.1 Å². The van der Waals surface area contributed by atoms with Crippen LogP contribution in [-0.4, -0.2) is 44.1 Å². The lowest BCUT2D eigenvalue weighted by Crippen LogP contribution is -2.48. The molecule has 1 saturated heterocycles. The molecule has 0 unspecified atom stereocenters. The first-order valence-electron chi connectivity index (χ1n) is 11.2. The summed E-state index contributed by atoms with van der Waals surface area (Å²) in [6, 6.07) is 16.1. The molecule has 7 heteroatoms. The Morgan fingerprint density at radius 3 is 2.59 bits per heavy atom. The number of nitrogens with zero attached hydrogens (tertiary/aromatic N) is 3. The fourth-order valence-electron chi connectivity index (χ4n) is 4.50. The zero-order valence-corrected chi connectivity index (χ0v) is 19.7. The monoisotopic (exact) mass is 450 g/mol. The first-order chi connectivity index (χ1) is 15.4. The number of rotatable bonds is 6. The van der Waals surface area contributed by atoms with E-state index in [-0.39, 0.29) is 36.2 Å². The number of carbonyl (C=O) groups is 2. The highest BCUT2D eigenvalue weighted by Crippen LogP contribution is 2.27. The lowest BCUT2D eigenvalue weighted by atomic mass is 9.97. The van der Waals surface area contributed by atoms with E-state index in [4.69, 9.17) is 4.98 Å². The van der Waals surface area contributed by atoms with E-state index in [0.717, 1.165) is 41.5 Å². The summed E-state index contributed by atoms with van der Waals surface area (Å²) in [6.45, 7) is 6.49. The average molecular weight is 451 g/mol. The van der Waals surface area contributed by atoms with Crippen molar-refractivity contribution in [2.24, 2.45) is 0 Å². The number of carbonyl (C=O) groups excluding carboxylic acids is 2. The molecule has 0 spiro atoms. The highest BCUT2D eigenvalue weighted by molar-refractivity contribution is 7.99. The molecular formula is C25H30N4O2S. The molecule has 6 nitrogen and oxygen atoms in total. The molecule has 1 fully saturated rings. The number of aryl methyl sites for hydroxylation is 1. The van der Waals surface area contributed by atoms with Crippen molar-refractivity contribution in [1.82, 2.24) is 14.5 Å². The van der Waals surface area contributed by atoms with E-state index >= 15 is 0 Å². The summed E-state index contributed by atoms with van der Waals surface area (Å²) in [5.74, 6) is 0.241. The number of benzene rings is 2. The molecule has 0 aliphatic carbocycles. The van der Waals surface area contributed by atoms with E-state index in [0.29, 0.717) is 5.16 Å². The number of piperidine rings is 1. The zero-order chi connectivity index (χ0) is 22.7. The van der Waals surface area contributed by atoms with Gasteiger partial charge in [-0.05, 0) is 69.9 Å². The number of hydrogen-bond acceptors (Lipinski definition) is 4. The summed E-state index contributed by atoms with van der Waals surface area (Å²) < 4.78 is 1.95. The molecule has 2 amide bonds. The lowest BCUT2D eigenvalue weighted by Gasteiger charge is -2.39. The number of likely N-dealkylation sites (tertiary alicyclic amines) is 1. The number of anilines is 1. The number of imidazole rings is 1. The van der Waals surface area contributed by atoms with Crippen LogP contribution in [0.1, 0.15) is 38.7 Å². The topological polar surface area (TPSA) is 67.2 Å². The number of thioether (sulfide) groups is 1. The quantitative estimate of drug-likeness (QED) is 0.545. The van der Waals surface area contributed by atoms with Crippen LogP contribution in [0.5, 0.6) is 0 Å². The van der Waals surface area contributed by atoms with Crippen LogP contribution in [0.15, 0.2) is 53.7 Å². The van der Waals surface area contributed by atoms with Gasteiger partial charge in [-0.1, -0.05) is 36.0 Å². The van der Waals surface area contributed by atoms with Crippen LogP contribution in [0, 0.1) is 6.92 Å². The Hall–Kier alpha value is -2.80. The highest BCUT2D eigenvalue weighted by atomic mass is 32.2. The SMILES string of the molecule is Cc1cccc(NC(=O)CSc2nc3ccccc3n2CC(=O)N2[C@@H](C)CCC[C@@H]2C)c1. The summed E-state index contributed by atoms with van der Waals surface area (Å²) in [4.78, 5) is 32.6. The van der Waals surface area contributed by atoms with Crippen LogP contribution in [0.3, 0.4) is 0 Å². The Morgan fingerprint density at radius 1 is 1.09 bits per heavy atom. The van der Waals surface area contributed by atoms with Crippen molar-refractivity contribution in [3.8, 4) is 0 Å². The standard InChI is InChI=1S/C25H30N4O2S/c1-17-8-6-11-20(14-17)26-23(30)16-32-25-27-21-12-4-5-13-22(21)28(25)15-24(31)29-18(2)9-7-10-19(29)3/h4-6,8,11-14,18-19H,7,9-10,15-16H2,1-3H3,(H,26,30)/t18-,19-/m0/s1. The van der Waals surface area contributed by atoms with E-state index in [1.54, 1.807) is 0 Å². The molecule has 32 heavy (non-hydrogen) atoms. The number of amides is 2. The van der Waals surface area contributed by atoms with Gasteiger partial charge in [-0.3, -0.25) is 9.59 Å². The molecule has 0 saturated carbocycles. The minimum atomic E-state index is -0.0937. The third-order valence-corrected chi connectivity index (χ3v) is 7.01. The number of fused-ring (bicyclic) bond motifs is 1. The second kappa shape index (κ2) is 9.77. The Bertz CT molecular complexity index is 1120. The van der Waals surface area contributed by atoms with Crippen molar-refractivity contribution >= 4 is 40.3 Å². The van der Waals surface area contributed by atoms with E-state index in [9.17, 15) is 9.59 Å². The van der Waals surface area contributed by atoms with Gasteiger partial charge in [0.25, 0.3) is 0 Å². The molecular weight excluding hydrogens is 420 g/mol. The van der Waals surface area contributed by atoms with Crippen LogP contribution in [0.2, 0.25) is 0 Å². The maximum absolute atomic E-state index is 13.3. The third-order valence-electron chi connectivity index (χ3n) is 6.03. The van der Waals surface area contributed by atoms with Crippen molar-refractivity contribution in [2.45, 2.75) is 63.8 Å². The summed E-state index contributed by atoms with van der Waals surface area (Å²) in [7, 11) is 0. The molecule has 2 aromatic carbocycles. The maximum atomic E-state index is 13.3. The Labute approximate surface area is 193 Å². The maximum Gasteiger partial charge on any atom is 0.243 e. The van der Waals surface area contributed by atoms with Crippen LogP contribution in [-0.2, 0) is 16.1 Å². The van der Waals surface area contributed by atoms with Gasteiger partial charge in [0.2, 0.25) is 11.8 Å². The molecule has 4 rings (SSSR count). The van der Waals surface area contributed by atoms with E-state index in [1.807, 2.05) is 64.9 Å². The van der Waals surface area contributed by atoms with Gasteiger partial charge in [0.15, 0.2) is 5.16 Å². The molecule has 1 aliphatic rings. The smallest absolute Gasteiger partial charge is 0.243 e. The summed E-state index contributed by atoms with van der Waals surface area (Å²) in [5.41, 5.74) is 3.63. The predicted octanol–water partition coefficient (Wildman–Crippen LogP) is 4.87. The first-order valence-corrected chi connectivity index (χ1v) is 12.2. The predicted molar refractivity (Wildman–Crippen MR) is 130 cm³/mol. The molecule has 1 N–H and O–H groups in total. The number of nitrogens with one attached hydrogen (secondary N) is 1. The molecule has 0 radical (unpaired) electrons. The molecule has 2 atom stereocenters. The molecule has 3 aromatic rings. The van der Waals surface area contributed by atoms with Gasteiger partial charge in [-0.2, -0.15) is 0 Å². The minimum absolute atomic E-state index is 0.0937. The van der Waals surface area contributed by atoms with Crippen molar-refractivity contribution < 1.29 is 9.59 Å². The largest absolute Gasteiger partial charge is 0.336 e. The van der Waals surface area contributed by atoms with Gasteiger partial charge >= 0.3 is 0 Å². The molecule has 1 aliphatic heterocycles. The molecule has 168 valence electrons. The van der Waals surface area contributed by atoms with E-state index in [1.165, 1.54) is 11.8 Å². The minimum Gasteiger partial charge on any atom is -0.336 e. The van der Waals surface area contributed by atoms with Crippen LogP contribution in [0.4, 0.5) is 5.69 Å². The van der Waals surface area contributed by atoms with Crippen molar-refractivity contribution in [1.29, 1.82) is 0 Å².